The van der Waals surface area contributed by atoms with Crippen LogP contribution in [0.1, 0.15) is 36.1 Å². The van der Waals surface area contributed by atoms with E-state index in [1.807, 2.05) is 73.7 Å². The number of nitrogens with zero attached hydrogens (tertiary/aromatic N) is 6. The highest BCUT2D eigenvalue weighted by Crippen LogP contribution is 2.36. The topological polar surface area (TPSA) is 98.0 Å². The van der Waals surface area contributed by atoms with Crippen molar-refractivity contribution < 1.29 is 14.4 Å². The van der Waals surface area contributed by atoms with Gasteiger partial charge in [0.15, 0.2) is 12.1 Å². The average molecular weight is 585 g/mol. The van der Waals surface area contributed by atoms with E-state index in [-0.39, 0.29) is 18.5 Å². The molecule has 1 fully saturated rings. The lowest BCUT2D eigenvalue weighted by Crippen LogP contribution is -2.44. The number of halogens is 1. The summed E-state index contributed by atoms with van der Waals surface area (Å²) in [6.45, 7) is 1.73. The molecule has 0 aliphatic carbocycles. The zero-order chi connectivity index (χ0) is 27.1. The standard InChI is InChI=1S/C29H25BrN6O3/c1-2-18-15-21(30)13-14-23(18)35-28(38)26-27(29(35)39)34(33-31-26)17-25(37)36-24(20-11-7-4-8-12-20)16-22(32-36)19-9-5-3-6-10-19/h3-15,24,26-27H,2,16-17H2,1H3/t24-,26+,27+/m0/s1. The zero-order valence-corrected chi connectivity index (χ0v) is 22.7. The summed E-state index contributed by atoms with van der Waals surface area (Å²) in [5.74, 6) is -1.20. The molecule has 3 aliphatic heterocycles. The van der Waals surface area contributed by atoms with Crippen molar-refractivity contribution in [1.29, 1.82) is 0 Å². The van der Waals surface area contributed by atoms with Crippen LogP contribution in [0.2, 0.25) is 0 Å². The summed E-state index contributed by atoms with van der Waals surface area (Å²) < 4.78 is 0.864. The molecule has 196 valence electrons. The van der Waals surface area contributed by atoms with Crippen molar-refractivity contribution in [3.63, 3.8) is 0 Å². The zero-order valence-electron chi connectivity index (χ0n) is 21.1. The van der Waals surface area contributed by atoms with E-state index in [9.17, 15) is 14.4 Å². The van der Waals surface area contributed by atoms with E-state index in [1.165, 1.54) is 14.9 Å². The molecule has 0 N–H and O–H groups in total. The second-order valence-corrected chi connectivity index (χ2v) is 10.5. The van der Waals surface area contributed by atoms with Gasteiger partial charge in [0, 0.05) is 10.9 Å². The predicted octanol–water partition coefficient (Wildman–Crippen LogP) is 4.68. The number of carbonyl (C=O) groups excluding carboxylic acids is 3. The number of hydrazone groups is 1. The fraction of sp³-hybridized carbons (Fsp3) is 0.241. The van der Waals surface area contributed by atoms with Gasteiger partial charge in [-0.15, -0.1) is 0 Å². The fourth-order valence-electron chi connectivity index (χ4n) is 5.34. The third-order valence-electron chi connectivity index (χ3n) is 7.28. The maximum absolute atomic E-state index is 13.7. The number of aryl methyl sites for hydroxylation is 1. The minimum Gasteiger partial charge on any atom is -0.271 e. The van der Waals surface area contributed by atoms with Gasteiger partial charge in [0.05, 0.1) is 17.4 Å². The first-order valence-corrected chi connectivity index (χ1v) is 13.6. The Balaban J connectivity index is 1.26. The number of benzene rings is 3. The minimum atomic E-state index is -0.981. The molecule has 6 rings (SSSR count). The van der Waals surface area contributed by atoms with Crippen molar-refractivity contribution in [2.45, 2.75) is 37.9 Å². The lowest BCUT2D eigenvalue weighted by atomic mass is 9.98. The molecule has 3 atom stereocenters. The van der Waals surface area contributed by atoms with Gasteiger partial charge >= 0.3 is 0 Å². The molecule has 3 aromatic rings. The van der Waals surface area contributed by atoms with Gasteiger partial charge < -0.3 is 0 Å². The average Bonchev–Trinajstić information content (AvgIpc) is 3.65. The van der Waals surface area contributed by atoms with E-state index >= 15 is 0 Å². The van der Waals surface area contributed by atoms with E-state index in [0.717, 1.165) is 26.9 Å². The van der Waals surface area contributed by atoms with Crippen LogP contribution in [0.15, 0.2) is 98.8 Å². The van der Waals surface area contributed by atoms with Gasteiger partial charge in [-0.3, -0.25) is 19.4 Å². The van der Waals surface area contributed by atoms with Crippen molar-refractivity contribution >= 4 is 45.1 Å². The fourth-order valence-corrected chi connectivity index (χ4v) is 5.75. The molecule has 0 bridgehead atoms. The van der Waals surface area contributed by atoms with Gasteiger partial charge in [0.1, 0.15) is 6.54 Å². The number of rotatable bonds is 6. The molecule has 9 nitrogen and oxygen atoms in total. The molecule has 3 amide bonds. The van der Waals surface area contributed by atoms with Gasteiger partial charge in [0.2, 0.25) is 0 Å². The second-order valence-electron chi connectivity index (χ2n) is 9.61. The first-order valence-electron chi connectivity index (χ1n) is 12.8. The van der Waals surface area contributed by atoms with Crippen LogP contribution in [-0.2, 0) is 20.8 Å². The summed E-state index contributed by atoms with van der Waals surface area (Å²) in [4.78, 5) is 41.7. The number of imide groups is 1. The molecule has 3 aliphatic rings. The van der Waals surface area contributed by atoms with Crippen LogP contribution < -0.4 is 4.90 Å². The number of hydrogen-bond acceptors (Lipinski definition) is 7. The number of anilines is 1. The summed E-state index contributed by atoms with van der Waals surface area (Å²) in [6.07, 6.45) is 1.20. The Hall–Kier alpha value is -4.18. The molecule has 0 spiro atoms. The van der Waals surface area contributed by atoms with E-state index in [1.54, 1.807) is 12.1 Å². The SMILES string of the molecule is CCc1cc(Br)ccc1N1C(=O)[C@@H]2N=NN(CC(=O)N3N=C(c4ccccc4)C[C@H]3c3ccccc3)[C@H]2C1=O. The number of carbonyl (C=O) groups is 3. The number of hydrogen-bond donors (Lipinski definition) is 0. The van der Waals surface area contributed by atoms with Gasteiger partial charge in [-0.2, -0.15) is 10.2 Å². The third kappa shape index (κ3) is 4.44. The van der Waals surface area contributed by atoms with E-state index in [2.05, 4.69) is 26.3 Å². The molecule has 0 unspecified atom stereocenters. The monoisotopic (exact) mass is 584 g/mol. The number of amides is 3. The highest BCUT2D eigenvalue weighted by atomic mass is 79.9. The van der Waals surface area contributed by atoms with Crippen molar-refractivity contribution in [2.24, 2.45) is 15.4 Å². The van der Waals surface area contributed by atoms with Crippen molar-refractivity contribution in [2.75, 3.05) is 11.4 Å². The normalized spacial score (nSPS) is 22.1. The first-order chi connectivity index (χ1) is 19.0. The largest absolute Gasteiger partial charge is 0.271 e. The highest BCUT2D eigenvalue weighted by Gasteiger charge is 2.55. The summed E-state index contributed by atoms with van der Waals surface area (Å²) in [6, 6.07) is 22.7. The molecular formula is C29H25BrN6O3. The molecule has 0 radical (unpaired) electrons. The van der Waals surface area contributed by atoms with Crippen molar-refractivity contribution in [3.8, 4) is 0 Å². The Bertz CT molecular complexity index is 1510. The smallest absolute Gasteiger partial charge is 0.264 e. The van der Waals surface area contributed by atoms with E-state index in [4.69, 9.17) is 5.10 Å². The Morgan fingerprint density at radius 1 is 0.974 bits per heavy atom. The van der Waals surface area contributed by atoms with Gasteiger partial charge in [0.25, 0.3) is 17.7 Å². The predicted molar refractivity (Wildman–Crippen MR) is 149 cm³/mol. The summed E-state index contributed by atoms with van der Waals surface area (Å²) in [5.41, 5.74) is 4.10. The molecule has 10 heteroatoms. The Morgan fingerprint density at radius 2 is 1.69 bits per heavy atom. The molecule has 0 saturated carbocycles. The number of fused-ring (bicyclic) bond motifs is 1. The minimum absolute atomic E-state index is 0.229. The molecule has 1 saturated heterocycles. The lowest BCUT2D eigenvalue weighted by molar-refractivity contribution is -0.135. The van der Waals surface area contributed by atoms with Crippen LogP contribution in [0, 0.1) is 0 Å². The maximum Gasteiger partial charge on any atom is 0.264 e. The van der Waals surface area contributed by atoms with Crippen molar-refractivity contribution in [3.05, 3.63) is 100 Å². The third-order valence-corrected chi connectivity index (χ3v) is 7.77. The second kappa shape index (κ2) is 10.2. The molecular weight excluding hydrogens is 560 g/mol. The summed E-state index contributed by atoms with van der Waals surface area (Å²) in [7, 11) is 0. The van der Waals surface area contributed by atoms with Gasteiger partial charge in [-0.25, -0.2) is 9.91 Å². The Labute approximate surface area is 233 Å². The van der Waals surface area contributed by atoms with Gasteiger partial charge in [-0.05, 0) is 41.3 Å². The van der Waals surface area contributed by atoms with Crippen molar-refractivity contribution in [1.82, 2.24) is 10.0 Å². The van der Waals surface area contributed by atoms with E-state index < -0.39 is 23.9 Å². The van der Waals surface area contributed by atoms with Crippen LogP contribution in [0.4, 0.5) is 5.69 Å². The van der Waals surface area contributed by atoms with Crippen LogP contribution >= 0.6 is 15.9 Å². The maximum atomic E-state index is 13.7. The van der Waals surface area contributed by atoms with Crippen LogP contribution in [0.3, 0.4) is 0 Å². The summed E-state index contributed by atoms with van der Waals surface area (Å²) in [5, 5.41) is 15.7. The molecule has 3 aromatic carbocycles. The van der Waals surface area contributed by atoms with Crippen LogP contribution in [0.5, 0.6) is 0 Å². The van der Waals surface area contributed by atoms with Gasteiger partial charge in [-0.1, -0.05) is 88.7 Å². The lowest BCUT2D eigenvalue weighted by Gasteiger charge is -2.25. The van der Waals surface area contributed by atoms with E-state index in [0.29, 0.717) is 18.5 Å². The molecule has 3 heterocycles. The van der Waals surface area contributed by atoms with Crippen LogP contribution in [-0.4, -0.2) is 52.1 Å². The molecule has 0 aromatic heterocycles. The Kier molecular flexibility index (Phi) is 6.56. The quantitative estimate of drug-likeness (QED) is 0.393. The highest BCUT2D eigenvalue weighted by molar-refractivity contribution is 9.10. The summed E-state index contributed by atoms with van der Waals surface area (Å²) >= 11 is 3.45. The van der Waals surface area contributed by atoms with Crippen LogP contribution in [0.25, 0.3) is 0 Å². The first kappa shape index (κ1) is 25.1. The molecule has 39 heavy (non-hydrogen) atoms. The Morgan fingerprint density at radius 3 is 2.41 bits per heavy atom.